The molecular formula is C12H22O2. The Balaban J connectivity index is 2.35. The summed E-state index contributed by atoms with van der Waals surface area (Å²) in [7, 11) is 0. The predicted octanol–water partition coefficient (Wildman–Crippen LogP) is 3.13. The van der Waals surface area contributed by atoms with E-state index in [2.05, 4.69) is 6.92 Å². The molecule has 14 heavy (non-hydrogen) atoms. The van der Waals surface area contributed by atoms with Gasteiger partial charge in [0.05, 0.1) is 19.5 Å². The molecule has 1 atom stereocenters. The van der Waals surface area contributed by atoms with E-state index < -0.39 is 0 Å². The van der Waals surface area contributed by atoms with Gasteiger partial charge < -0.3 is 9.47 Å². The van der Waals surface area contributed by atoms with Crippen LogP contribution in [0.2, 0.25) is 0 Å². The SMILES string of the molecule is CC(C)=COCC1(C)CCCCOC1. The number of hydrogen-bond donors (Lipinski definition) is 0. The maximum atomic E-state index is 5.57. The third kappa shape index (κ3) is 4.14. The first kappa shape index (κ1) is 11.6. The molecule has 0 aromatic rings. The predicted molar refractivity (Wildman–Crippen MR) is 58.2 cm³/mol. The van der Waals surface area contributed by atoms with Crippen molar-refractivity contribution in [1.29, 1.82) is 0 Å². The van der Waals surface area contributed by atoms with Gasteiger partial charge in [-0.3, -0.25) is 0 Å². The Morgan fingerprint density at radius 3 is 2.93 bits per heavy atom. The molecule has 0 bridgehead atoms. The number of ether oxygens (including phenoxy) is 2. The van der Waals surface area contributed by atoms with Crippen molar-refractivity contribution in [1.82, 2.24) is 0 Å². The number of allylic oxidation sites excluding steroid dienone is 1. The zero-order valence-corrected chi connectivity index (χ0v) is 9.64. The van der Waals surface area contributed by atoms with Crippen molar-refractivity contribution >= 4 is 0 Å². The van der Waals surface area contributed by atoms with Crippen molar-refractivity contribution in [3.63, 3.8) is 0 Å². The van der Waals surface area contributed by atoms with E-state index in [4.69, 9.17) is 9.47 Å². The van der Waals surface area contributed by atoms with Gasteiger partial charge in [-0.15, -0.1) is 0 Å². The van der Waals surface area contributed by atoms with Gasteiger partial charge in [-0.1, -0.05) is 13.3 Å². The van der Waals surface area contributed by atoms with Crippen molar-refractivity contribution in [2.45, 2.75) is 40.0 Å². The highest BCUT2D eigenvalue weighted by Crippen LogP contribution is 2.27. The minimum atomic E-state index is 0.211. The van der Waals surface area contributed by atoms with Crippen LogP contribution in [0.15, 0.2) is 11.8 Å². The van der Waals surface area contributed by atoms with Crippen molar-refractivity contribution in [2.75, 3.05) is 19.8 Å². The molecule has 1 fully saturated rings. The topological polar surface area (TPSA) is 18.5 Å². The second kappa shape index (κ2) is 5.40. The summed E-state index contributed by atoms with van der Waals surface area (Å²) >= 11 is 0. The lowest BCUT2D eigenvalue weighted by Crippen LogP contribution is -2.27. The lowest BCUT2D eigenvalue weighted by atomic mass is 9.87. The third-order valence-corrected chi connectivity index (χ3v) is 2.52. The lowest BCUT2D eigenvalue weighted by molar-refractivity contribution is 0.0251. The third-order valence-electron chi connectivity index (χ3n) is 2.52. The van der Waals surface area contributed by atoms with Crippen molar-refractivity contribution in [2.24, 2.45) is 5.41 Å². The number of hydrogen-bond acceptors (Lipinski definition) is 2. The van der Waals surface area contributed by atoms with Crippen LogP contribution in [0.25, 0.3) is 0 Å². The smallest absolute Gasteiger partial charge is 0.0948 e. The van der Waals surface area contributed by atoms with E-state index in [0.717, 1.165) is 19.8 Å². The highest BCUT2D eigenvalue weighted by atomic mass is 16.5. The summed E-state index contributed by atoms with van der Waals surface area (Å²) in [4.78, 5) is 0. The Morgan fingerprint density at radius 2 is 2.21 bits per heavy atom. The molecule has 0 amide bonds. The zero-order valence-electron chi connectivity index (χ0n) is 9.64. The Hall–Kier alpha value is -0.500. The van der Waals surface area contributed by atoms with Gasteiger partial charge >= 0.3 is 0 Å². The maximum absolute atomic E-state index is 5.57. The molecule has 0 radical (unpaired) electrons. The Morgan fingerprint density at radius 1 is 1.43 bits per heavy atom. The molecule has 1 aliphatic heterocycles. The summed E-state index contributed by atoms with van der Waals surface area (Å²) in [6, 6.07) is 0. The van der Waals surface area contributed by atoms with E-state index >= 15 is 0 Å². The van der Waals surface area contributed by atoms with Crippen LogP contribution >= 0.6 is 0 Å². The molecule has 0 aromatic heterocycles. The fourth-order valence-corrected chi connectivity index (χ4v) is 1.67. The van der Waals surface area contributed by atoms with E-state index in [1.165, 1.54) is 24.8 Å². The average molecular weight is 198 g/mol. The molecule has 1 saturated heterocycles. The molecule has 82 valence electrons. The summed E-state index contributed by atoms with van der Waals surface area (Å²) in [5, 5.41) is 0. The fourth-order valence-electron chi connectivity index (χ4n) is 1.67. The van der Waals surface area contributed by atoms with Crippen LogP contribution in [0, 0.1) is 5.41 Å². The monoisotopic (exact) mass is 198 g/mol. The molecule has 1 unspecified atom stereocenters. The van der Waals surface area contributed by atoms with Gasteiger partial charge in [-0.05, 0) is 32.3 Å². The van der Waals surface area contributed by atoms with Crippen LogP contribution < -0.4 is 0 Å². The molecule has 0 saturated carbocycles. The van der Waals surface area contributed by atoms with Gasteiger partial charge in [-0.2, -0.15) is 0 Å². The molecule has 1 aliphatic rings. The van der Waals surface area contributed by atoms with Gasteiger partial charge in [0.25, 0.3) is 0 Å². The summed E-state index contributed by atoms with van der Waals surface area (Å²) in [6.45, 7) is 8.87. The first-order chi connectivity index (χ1) is 6.62. The normalized spacial score (nSPS) is 27.9. The van der Waals surface area contributed by atoms with Gasteiger partial charge in [-0.25, -0.2) is 0 Å². The fraction of sp³-hybridized carbons (Fsp3) is 0.833. The van der Waals surface area contributed by atoms with E-state index in [9.17, 15) is 0 Å². The molecule has 0 N–H and O–H groups in total. The molecule has 1 heterocycles. The Bertz CT molecular complexity index is 184. The standard InChI is InChI=1S/C12H22O2/c1-11(2)8-14-10-12(3)6-4-5-7-13-9-12/h8H,4-7,9-10H2,1-3H3. The van der Waals surface area contributed by atoms with Crippen LogP contribution in [0.1, 0.15) is 40.0 Å². The van der Waals surface area contributed by atoms with Crippen LogP contribution in [-0.2, 0) is 9.47 Å². The molecule has 1 rings (SSSR count). The van der Waals surface area contributed by atoms with Crippen LogP contribution in [0.3, 0.4) is 0 Å². The Kier molecular flexibility index (Phi) is 4.46. The minimum absolute atomic E-state index is 0.211. The van der Waals surface area contributed by atoms with E-state index in [1.807, 2.05) is 20.1 Å². The largest absolute Gasteiger partial charge is 0.501 e. The molecule has 0 aliphatic carbocycles. The molecule has 2 heteroatoms. The summed E-state index contributed by atoms with van der Waals surface area (Å²) in [6.07, 6.45) is 5.51. The molecule has 0 spiro atoms. The van der Waals surface area contributed by atoms with Gasteiger partial charge in [0.15, 0.2) is 0 Å². The van der Waals surface area contributed by atoms with Crippen molar-refractivity contribution in [3.05, 3.63) is 11.8 Å². The number of rotatable bonds is 3. The van der Waals surface area contributed by atoms with Crippen LogP contribution in [0.5, 0.6) is 0 Å². The van der Waals surface area contributed by atoms with Crippen molar-refractivity contribution < 1.29 is 9.47 Å². The lowest BCUT2D eigenvalue weighted by Gasteiger charge is -2.26. The second-order valence-corrected chi connectivity index (χ2v) is 4.83. The van der Waals surface area contributed by atoms with E-state index in [1.54, 1.807) is 0 Å². The first-order valence-electron chi connectivity index (χ1n) is 5.45. The average Bonchev–Trinajstić information content (AvgIpc) is 2.30. The van der Waals surface area contributed by atoms with Crippen LogP contribution in [-0.4, -0.2) is 19.8 Å². The van der Waals surface area contributed by atoms with Crippen molar-refractivity contribution in [3.8, 4) is 0 Å². The maximum Gasteiger partial charge on any atom is 0.0948 e. The summed E-state index contributed by atoms with van der Waals surface area (Å²) in [5.74, 6) is 0. The summed E-state index contributed by atoms with van der Waals surface area (Å²) in [5.41, 5.74) is 1.42. The Labute approximate surface area is 87.3 Å². The van der Waals surface area contributed by atoms with Gasteiger partial charge in [0, 0.05) is 12.0 Å². The van der Waals surface area contributed by atoms with E-state index in [-0.39, 0.29) is 5.41 Å². The zero-order chi connectivity index (χ0) is 10.4. The van der Waals surface area contributed by atoms with Gasteiger partial charge in [0.2, 0.25) is 0 Å². The van der Waals surface area contributed by atoms with Crippen LogP contribution in [0.4, 0.5) is 0 Å². The quantitative estimate of drug-likeness (QED) is 0.649. The molecule has 2 nitrogen and oxygen atoms in total. The molecule has 0 aromatic carbocycles. The first-order valence-corrected chi connectivity index (χ1v) is 5.45. The molecular weight excluding hydrogens is 176 g/mol. The minimum Gasteiger partial charge on any atom is -0.501 e. The summed E-state index contributed by atoms with van der Waals surface area (Å²) < 4.78 is 11.1. The highest BCUT2D eigenvalue weighted by molar-refractivity contribution is 4.87. The van der Waals surface area contributed by atoms with E-state index in [0.29, 0.717) is 0 Å². The second-order valence-electron chi connectivity index (χ2n) is 4.83. The van der Waals surface area contributed by atoms with Gasteiger partial charge in [0.1, 0.15) is 0 Å². The highest BCUT2D eigenvalue weighted by Gasteiger charge is 2.26.